The SMILES string of the molecule is COc1ccc(S(=O)(=O)N2CCN(CCCN(C)C)CC2)c(C)c1. The van der Waals surface area contributed by atoms with Crippen LogP contribution in [0.25, 0.3) is 0 Å². The molecule has 24 heavy (non-hydrogen) atoms. The highest BCUT2D eigenvalue weighted by Gasteiger charge is 2.29. The summed E-state index contributed by atoms with van der Waals surface area (Å²) in [5, 5.41) is 0. The normalized spacial score (nSPS) is 17.4. The summed E-state index contributed by atoms with van der Waals surface area (Å²) in [5.74, 6) is 0.678. The summed E-state index contributed by atoms with van der Waals surface area (Å²) >= 11 is 0. The molecule has 1 aliphatic rings. The van der Waals surface area contributed by atoms with Gasteiger partial charge in [0.2, 0.25) is 10.0 Å². The molecular formula is C17H29N3O3S. The van der Waals surface area contributed by atoms with Gasteiger partial charge in [-0.2, -0.15) is 4.31 Å². The Balaban J connectivity index is 1.97. The molecule has 0 amide bonds. The van der Waals surface area contributed by atoms with Crippen molar-refractivity contribution in [2.45, 2.75) is 18.2 Å². The third-order valence-corrected chi connectivity index (χ3v) is 6.47. The zero-order chi connectivity index (χ0) is 17.7. The summed E-state index contributed by atoms with van der Waals surface area (Å²) in [6.07, 6.45) is 1.11. The van der Waals surface area contributed by atoms with Gasteiger partial charge in [0.1, 0.15) is 5.75 Å². The number of benzene rings is 1. The Hall–Kier alpha value is -1.15. The molecule has 1 aromatic carbocycles. The van der Waals surface area contributed by atoms with E-state index in [0.717, 1.165) is 38.2 Å². The Morgan fingerprint density at radius 2 is 1.83 bits per heavy atom. The van der Waals surface area contributed by atoms with Crippen molar-refractivity contribution < 1.29 is 13.2 Å². The van der Waals surface area contributed by atoms with Crippen molar-refractivity contribution >= 4 is 10.0 Å². The Morgan fingerprint density at radius 3 is 2.38 bits per heavy atom. The topological polar surface area (TPSA) is 53.1 Å². The number of nitrogens with zero attached hydrogens (tertiary/aromatic N) is 3. The summed E-state index contributed by atoms with van der Waals surface area (Å²) in [7, 11) is 2.29. The van der Waals surface area contributed by atoms with Crippen LogP contribution in [0.2, 0.25) is 0 Å². The van der Waals surface area contributed by atoms with Crippen molar-refractivity contribution in [1.82, 2.24) is 14.1 Å². The van der Waals surface area contributed by atoms with E-state index in [9.17, 15) is 8.42 Å². The molecule has 0 aliphatic carbocycles. The van der Waals surface area contributed by atoms with E-state index in [2.05, 4.69) is 23.9 Å². The molecule has 2 rings (SSSR count). The molecule has 1 heterocycles. The fraction of sp³-hybridized carbons (Fsp3) is 0.647. The Kier molecular flexibility index (Phi) is 6.62. The molecule has 0 unspecified atom stereocenters. The Morgan fingerprint density at radius 1 is 1.17 bits per heavy atom. The molecule has 136 valence electrons. The standard InChI is InChI=1S/C17H29N3O3S/c1-15-14-16(23-4)6-7-17(15)24(21,22)20-12-10-19(11-13-20)9-5-8-18(2)3/h6-7,14H,5,8-13H2,1-4H3. The van der Waals surface area contributed by atoms with Crippen LogP contribution in [0.4, 0.5) is 0 Å². The second kappa shape index (κ2) is 8.29. The van der Waals surface area contributed by atoms with Crippen molar-refractivity contribution in [3.63, 3.8) is 0 Å². The molecule has 0 saturated carbocycles. The lowest BCUT2D eigenvalue weighted by atomic mass is 10.2. The molecule has 0 atom stereocenters. The molecule has 0 spiro atoms. The van der Waals surface area contributed by atoms with E-state index in [4.69, 9.17) is 4.74 Å². The average molecular weight is 356 g/mol. The lowest BCUT2D eigenvalue weighted by Crippen LogP contribution is -2.49. The smallest absolute Gasteiger partial charge is 0.243 e. The summed E-state index contributed by atoms with van der Waals surface area (Å²) in [4.78, 5) is 4.90. The molecule has 0 bridgehead atoms. The van der Waals surface area contributed by atoms with Crippen LogP contribution in [0.3, 0.4) is 0 Å². The number of aryl methyl sites for hydroxylation is 1. The van der Waals surface area contributed by atoms with Gasteiger partial charge in [-0.25, -0.2) is 8.42 Å². The zero-order valence-corrected chi connectivity index (χ0v) is 16.0. The van der Waals surface area contributed by atoms with Gasteiger partial charge in [0.05, 0.1) is 12.0 Å². The first kappa shape index (κ1) is 19.2. The number of hydrogen-bond donors (Lipinski definition) is 0. The van der Waals surface area contributed by atoms with Crippen molar-refractivity contribution in [2.24, 2.45) is 0 Å². The molecule has 1 fully saturated rings. The predicted molar refractivity (Wildman–Crippen MR) is 96.1 cm³/mol. The monoisotopic (exact) mass is 355 g/mol. The van der Waals surface area contributed by atoms with E-state index in [-0.39, 0.29) is 0 Å². The van der Waals surface area contributed by atoms with E-state index in [1.807, 2.05) is 6.92 Å². The number of piperazine rings is 1. The molecule has 7 heteroatoms. The van der Waals surface area contributed by atoms with Gasteiger partial charge in [-0.1, -0.05) is 0 Å². The van der Waals surface area contributed by atoms with Crippen LogP contribution < -0.4 is 4.74 Å². The van der Waals surface area contributed by atoms with Crippen LogP contribution in [0.5, 0.6) is 5.75 Å². The summed E-state index contributed by atoms with van der Waals surface area (Å²) < 4.78 is 32.5. The largest absolute Gasteiger partial charge is 0.497 e. The van der Waals surface area contributed by atoms with Crippen LogP contribution in [0.15, 0.2) is 23.1 Å². The highest BCUT2D eigenvalue weighted by Crippen LogP contribution is 2.24. The zero-order valence-electron chi connectivity index (χ0n) is 15.2. The molecule has 1 saturated heterocycles. The summed E-state index contributed by atoms with van der Waals surface area (Å²) in [5.41, 5.74) is 0.725. The molecule has 6 nitrogen and oxygen atoms in total. The van der Waals surface area contributed by atoms with E-state index in [1.165, 1.54) is 0 Å². The van der Waals surface area contributed by atoms with Gasteiger partial charge in [0.15, 0.2) is 0 Å². The first-order valence-electron chi connectivity index (χ1n) is 8.36. The van der Waals surface area contributed by atoms with E-state index in [0.29, 0.717) is 23.7 Å². The first-order chi connectivity index (χ1) is 11.3. The van der Waals surface area contributed by atoms with Crippen LogP contribution in [-0.4, -0.2) is 83.0 Å². The minimum atomic E-state index is -3.43. The quantitative estimate of drug-likeness (QED) is 0.737. The van der Waals surface area contributed by atoms with Gasteiger partial charge in [-0.3, -0.25) is 0 Å². The number of sulfonamides is 1. The minimum Gasteiger partial charge on any atom is -0.497 e. The van der Waals surface area contributed by atoms with Crippen LogP contribution in [0, 0.1) is 6.92 Å². The van der Waals surface area contributed by atoms with Crippen LogP contribution >= 0.6 is 0 Å². The lowest BCUT2D eigenvalue weighted by molar-refractivity contribution is 0.181. The van der Waals surface area contributed by atoms with Crippen LogP contribution in [-0.2, 0) is 10.0 Å². The molecule has 0 aromatic heterocycles. The highest BCUT2D eigenvalue weighted by atomic mass is 32.2. The molecular weight excluding hydrogens is 326 g/mol. The molecule has 1 aromatic rings. The second-order valence-corrected chi connectivity index (χ2v) is 8.44. The maximum atomic E-state index is 12.9. The number of hydrogen-bond acceptors (Lipinski definition) is 5. The third kappa shape index (κ3) is 4.69. The fourth-order valence-electron chi connectivity index (χ4n) is 2.98. The number of methoxy groups -OCH3 is 1. The Labute approximate surface area is 146 Å². The summed E-state index contributed by atoms with van der Waals surface area (Å²) in [6.45, 7) is 6.58. The van der Waals surface area contributed by atoms with Crippen molar-refractivity contribution in [1.29, 1.82) is 0 Å². The van der Waals surface area contributed by atoms with E-state index >= 15 is 0 Å². The fourth-order valence-corrected chi connectivity index (χ4v) is 4.61. The summed E-state index contributed by atoms with van der Waals surface area (Å²) in [6, 6.07) is 5.12. The highest BCUT2D eigenvalue weighted by molar-refractivity contribution is 7.89. The van der Waals surface area contributed by atoms with Gasteiger partial charge in [0.25, 0.3) is 0 Å². The van der Waals surface area contributed by atoms with E-state index < -0.39 is 10.0 Å². The van der Waals surface area contributed by atoms with Gasteiger partial charge in [-0.15, -0.1) is 0 Å². The van der Waals surface area contributed by atoms with Gasteiger partial charge in [0, 0.05) is 26.2 Å². The molecule has 0 radical (unpaired) electrons. The maximum Gasteiger partial charge on any atom is 0.243 e. The van der Waals surface area contributed by atoms with Gasteiger partial charge in [-0.05, 0) is 64.3 Å². The minimum absolute atomic E-state index is 0.379. The lowest BCUT2D eigenvalue weighted by Gasteiger charge is -2.34. The molecule has 0 N–H and O–H groups in total. The van der Waals surface area contributed by atoms with Crippen LogP contribution in [0.1, 0.15) is 12.0 Å². The van der Waals surface area contributed by atoms with E-state index in [1.54, 1.807) is 29.6 Å². The van der Waals surface area contributed by atoms with Gasteiger partial charge >= 0.3 is 0 Å². The number of rotatable bonds is 7. The first-order valence-corrected chi connectivity index (χ1v) is 9.80. The van der Waals surface area contributed by atoms with Crippen molar-refractivity contribution in [3.05, 3.63) is 23.8 Å². The Bertz CT molecular complexity index is 638. The number of ether oxygens (including phenoxy) is 1. The third-order valence-electron chi connectivity index (χ3n) is 4.41. The average Bonchev–Trinajstić information content (AvgIpc) is 2.54. The maximum absolute atomic E-state index is 12.9. The van der Waals surface area contributed by atoms with Crippen molar-refractivity contribution in [3.8, 4) is 5.75 Å². The predicted octanol–water partition coefficient (Wildman–Crippen LogP) is 1.26. The van der Waals surface area contributed by atoms with Crippen molar-refractivity contribution in [2.75, 3.05) is 60.5 Å². The molecule has 1 aliphatic heterocycles. The van der Waals surface area contributed by atoms with Gasteiger partial charge < -0.3 is 14.5 Å². The second-order valence-electron chi connectivity index (χ2n) is 6.53.